The molecule has 1 saturated heterocycles. The molecule has 0 spiro atoms. The summed E-state index contributed by atoms with van der Waals surface area (Å²) in [5, 5.41) is 6.07. The smallest absolute Gasteiger partial charge is 0.322 e. The number of likely N-dealkylation sites (tertiary alicyclic amines) is 1. The van der Waals surface area contributed by atoms with E-state index in [1.165, 1.54) is 0 Å². The highest BCUT2D eigenvalue weighted by molar-refractivity contribution is 5.94. The van der Waals surface area contributed by atoms with Crippen molar-refractivity contribution in [1.82, 2.24) is 10.2 Å². The van der Waals surface area contributed by atoms with E-state index in [4.69, 9.17) is 9.47 Å². The van der Waals surface area contributed by atoms with Crippen molar-refractivity contribution in [2.45, 2.75) is 24.9 Å². The summed E-state index contributed by atoms with van der Waals surface area (Å²) in [5.41, 5.74) is 1.29. The Kier molecular flexibility index (Phi) is 5.29. The third kappa shape index (κ3) is 3.99. The Morgan fingerprint density at radius 1 is 1.00 bits per heavy atom. The Labute approximate surface area is 170 Å². The van der Waals surface area contributed by atoms with Crippen LogP contribution in [0.25, 0.3) is 0 Å². The number of amides is 3. The molecule has 2 aromatic carbocycles. The topological polar surface area (TPSA) is 79.9 Å². The van der Waals surface area contributed by atoms with Crippen molar-refractivity contribution in [3.63, 3.8) is 0 Å². The molecule has 2 aliphatic rings. The lowest BCUT2D eigenvalue weighted by molar-refractivity contribution is 0.0915. The van der Waals surface area contributed by atoms with E-state index in [2.05, 4.69) is 10.6 Å². The van der Waals surface area contributed by atoms with Gasteiger partial charge in [0.15, 0.2) is 0 Å². The van der Waals surface area contributed by atoms with Gasteiger partial charge in [0.05, 0.1) is 14.2 Å². The van der Waals surface area contributed by atoms with Gasteiger partial charge in [0, 0.05) is 48.1 Å². The normalized spacial score (nSPS) is 22.3. The predicted octanol–water partition coefficient (Wildman–Crippen LogP) is 3.13. The molecule has 3 amide bonds. The number of anilines is 1. The second kappa shape index (κ2) is 8.03. The minimum Gasteiger partial charge on any atom is -0.497 e. The molecule has 1 aliphatic carbocycles. The highest BCUT2D eigenvalue weighted by Gasteiger charge is 2.47. The maximum Gasteiger partial charge on any atom is 0.322 e. The fraction of sp³-hybridized carbons (Fsp3) is 0.364. The molecule has 29 heavy (non-hydrogen) atoms. The maximum atomic E-state index is 12.8. The zero-order valence-corrected chi connectivity index (χ0v) is 16.6. The summed E-state index contributed by atoms with van der Waals surface area (Å²) in [5.74, 6) is 1.46. The average Bonchev–Trinajstić information content (AvgIpc) is 3.34. The number of carbonyl (C=O) groups excluding carboxylic acids is 2. The quantitative estimate of drug-likeness (QED) is 0.815. The molecule has 4 rings (SSSR count). The number of nitrogens with zero attached hydrogens (tertiary/aromatic N) is 1. The van der Waals surface area contributed by atoms with E-state index < -0.39 is 0 Å². The first kappa shape index (κ1) is 19.1. The molecule has 2 aromatic rings. The van der Waals surface area contributed by atoms with Crippen LogP contribution in [0.3, 0.4) is 0 Å². The van der Waals surface area contributed by atoms with Gasteiger partial charge < -0.3 is 25.0 Å². The van der Waals surface area contributed by atoms with E-state index >= 15 is 0 Å². The zero-order valence-electron chi connectivity index (χ0n) is 16.6. The van der Waals surface area contributed by atoms with Crippen molar-refractivity contribution in [2.24, 2.45) is 5.92 Å². The van der Waals surface area contributed by atoms with Gasteiger partial charge in [-0.15, -0.1) is 0 Å². The summed E-state index contributed by atoms with van der Waals surface area (Å²) in [6, 6.07) is 14.6. The van der Waals surface area contributed by atoms with Gasteiger partial charge in [0.1, 0.15) is 11.5 Å². The van der Waals surface area contributed by atoms with Gasteiger partial charge in [-0.3, -0.25) is 4.79 Å². The Morgan fingerprint density at radius 2 is 1.69 bits per heavy atom. The summed E-state index contributed by atoms with van der Waals surface area (Å²) in [7, 11) is 3.15. The molecule has 2 bridgehead atoms. The average molecular weight is 395 g/mol. The van der Waals surface area contributed by atoms with E-state index in [1.54, 1.807) is 32.4 Å². The van der Waals surface area contributed by atoms with Crippen molar-refractivity contribution in [2.75, 3.05) is 26.1 Å². The highest BCUT2D eigenvalue weighted by Crippen LogP contribution is 2.38. The second-order valence-electron chi connectivity index (χ2n) is 7.52. The van der Waals surface area contributed by atoms with Crippen LogP contribution in [0, 0.1) is 5.92 Å². The minimum atomic E-state index is -0.138. The van der Waals surface area contributed by atoms with Crippen LogP contribution in [0.15, 0.2) is 48.5 Å². The van der Waals surface area contributed by atoms with Crippen LogP contribution < -0.4 is 20.1 Å². The van der Waals surface area contributed by atoms with Crippen molar-refractivity contribution >= 4 is 17.6 Å². The van der Waals surface area contributed by atoms with Crippen LogP contribution >= 0.6 is 0 Å². The Morgan fingerprint density at radius 3 is 2.28 bits per heavy atom. The number of carbonyl (C=O) groups is 2. The molecule has 1 aliphatic heterocycles. The molecule has 0 unspecified atom stereocenters. The van der Waals surface area contributed by atoms with Gasteiger partial charge in [-0.25, -0.2) is 4.79 Å². The van der Waals surface area contributed by atoms with Gasteiger partial charge in [-0.2, -0.15) is 0 Å². The number of urea groups is 1. The second-order valence-corrected chi connectivity index (χ2v) is 7.52. The summed E-state index contributed by atoms with van der Waals surface area (Å²) in [4.78, 5) is 27.1. The number of benzene rings is 2. The van der Waals surface area contributed by atoms with Crippen LogP contribution in [0.4, 0.5) is 10.5 Å². The number of methoxy groups -OCH3 is 2. The third-order valence-corrected chi connectivity index (χ3v) is 5.76. The molecule has 2 N–H and O–H groups in total. The number of fused-ring (bicyclic) bond motifs is 2. The van der Waals surface area contributed by atoms with Crippen LogP contribution in [0.2, 0.25) is 0 Å². The molecule has 0 aromatic heterocycles. The number of ether oxygens (including phenoxy) is 2. The summed E-state index contributed by atoms with van der Waals surface area (Å²) < 4.78 is 10.5. The summed E-state index contributed by atoms with van der Waals surface area (Å²) in [6.07, 6.45) is 1.69. The van der Waals surface area contributed by atoms with Gasteiger partial charge >= 0.3 is 6.03 Å². The van der Waals surface area contributed by atoms with Gasteiger partial charge in [-0.05, 0) is 30.9 Å². The lowest BCUT2D eigenvalue weighted by Gasteiger charge is -2.32. The monoisotopic (exact) mass is 395 g/mol. The number of rotatable bonds is 5. The van der Waals surface area contributed by atoms with E-state index in [-0.39, 0.29) is 29.9 Å². The number of hydrogen-bond donors (Lipinski definition) is 2. The summed E-state index contributed by atoms with van der Waals surface area (Å²) in [6.45, 7) is 0.636. The standard InChI is InChI=1S/C22H25N3O4/c1-28-18-9-16(10-19(12-18)29-2)23-22(27)25-13-15-8-17(25)11-20(15)24-21(26)14-6-4-3-5-7-14/h3-7,9-10,12,15,17,20H,8,11,13H2,1-2H3,(H,23,27)(H,24,26)/t15-,17-,20-/m0/s1. The Balaban J connectivity index is 1.36. The molecule has 7 heteroatoms. The first-order valence-electron chi connectivity index (χ1n) is 9.74. The van der Waals surface area contributed by atoms with Crippen molar-refractivity contribution in [3.05, 3.63) is 54.1 Å². The van der Waals surface area contributed by atoms with Crippen LogP contribution in [-0.2, 0) is 0 Å². The molecule has 3 atom stereocenters. The minimum absolute atomic E-state index is 0.0531. The molecule has 7 nitrogen and oxygen atoms in total. The maximum absolute atomic E-state index is 12.8. The fourth-order valence-corrected chi connectivity index (χ4v) is 4.30. The largest absolute Gasteiger partial charge is 0.497 e. The van der Waals surface area contributed by atoms with E-state index in [9.17, 15) is 9.59 Å². The molecule has 2 fully saturated rings. The Bertz CT molecular complexity index is 880. The van der Waals surface area contributed by atoms with E-state index in [0.29, 0.717) is 29.3 Å². The lowest BCUT2D eigenvalue weighted by Crippen LogP contribution is -2.48. The summed E-state index contributed by atoms with van der Waals surface area (Å²) >= 11 is 0. The SMILES string of the molecule is COc1cc(NC(=O)N2C[C@@H]3C[C@H]2C[C@@H]3NC(=O)c2ccccc2)cc(OC)c1. The molecule has 152 valence electrons. The highest BCUT2D eigenvalue weighted by atomic mass is 16.5. The zero-order chi connectivity index (χ0) is 20.4. The van der Waals surface area contributed by atoms with Crippen LogP contribution in [-0.4, -0.2) is 49.7 Å². The van der Waals surface area contributed by atoms with E-state index in [1.807, 2.05) is 35.2 Å². The number of piperidine rings is 1. The Hall–Kier alpha value is -3.22. The van der Waals surface area contributed by atoms with Crippen molar-refractivity contribution in [1.29, 1.82) is 0 Å². The first-order valence-corrected chi connectivity index (χ1v) is 9.74. The molecule has 1 heterocycles. The lowest BCUT2D eigenvalue weighted by atomic mass is 10.0. The van der Waals surface area contributed by atoms with Gasteiger partial charge in [-0.1, -0.05) is 18.2 Å². The molecule has 1 saturated carbocycles. The molecule has 0 radical (unpaired) electrons. The van der Waals surface area contributed by atoms with Gasteiger partial charge in [0.2, 0.25) is 0 Å². The third-order valence-electron chi connectivity index (χ3n) is 5.76. The van der Waals surface area contributed by atoms with Crippen LogP contribution in [0.1, 0.15) is 23.2 Å². The van der Waals surface area contributed by atoms with Crippen molar-refractivity contribution < 1.29 is 19.1 Å². The number of nitrogens with one attached hydrogen (secondary N) is 2. The molecular formula is C22H25N3O4. The van der Waals surface area contributed by atoms with Crippen LogP contribution in [0.5, 0.6) is 11.5 Å². The molecular weight excluding hydrogens is 370 g/mol. The number of hydrogen-bond acceptors (Lipinski definition) is 4. The van der Waals surface area contributed by atoms with Gasteiger partial charge in [0.25, 0.3) is 5.91 Å². The fourth-order valence-electron chi connectivity index (χ4n) is 4.30. The van der Waals surface area contributed by atoms with E-state index in [0.717, 1.165) is 12.8 Å². The van der Waals surface area contributed by atoms with Crippen molar-refractivity contribution in [3.8, 4) is 11.5 Å². The first-order chi connectivity index (χ1) is 14.1. The predicted molar refractivity (Wildman–Crippen MR) is 109 cm³/mol.